The highest BCUT2D eigenvalue weighted by Gasteiger charge is 2.40. The highest BCUT2D eigenvalue weighted by atomic mass is 16.1. The molecular weight excluding hydrogens is 234 g/mol. The number of nitrogens with one attached hydrogen (secondary N) is 1. The Morgan fingerprint density at radius 2 is 2.16 bits per heavy atom. The summed E-state index contributed by atoms with van der Waals surface area (Å²) >= 11 is 0. The Morgan fingerprint density at radius 3 is 2.84 bits per heavy atom. The first-order chi connectivity index (χ1) is 8.99. The predicted octanol–water partition coefficient (Wildman–Crippen LogP) is 4.49. The van der Waals surface area contributed by atoms with E-state index in [1.165, 1.54) is 12.0 Å². The van der Waals surface area contributed by atoms with E-state index in [1.807, 2.05) is 6.20 Å². The monoisotopic (exact) mass is 255 g/mol. The Balaban J connectivity index is 2.05. The van der Waals surface area contributed by atoms with Crippen molar-refractivity contribution in [1.82, 2.24) is 4.98 Å². The van der Waals surface area contributed by atoms with Crippen molar-refractivity contribution in [3.8, 4) is 0 Å². The minimum absolute atomic E-state index is 0.143. The van der Waals surface area contributed by atoms with Crippen LogP contribution >= 0.6 is 0 Å². The SMILES string of the molecule is Cc1ccc2[nH]cc(C(=O)C3CCCC3(C)C)c2c1. The van der Waals surface area contributed by atoms with E-state index < -0.39 is 0 Å². The van der Waals surface area contributed by atoms with Gasteiger partial charge in [0.15, 0.2) is 5.78 Å². The number of carbonyl (C=O) groups excluding carboxylic acids is 1. The summed E-state index contributed by atoms with van der Waals surface area (Å²) in [5, 5.41) is 1.08. The van der Waals surface area contributed by atoms with Crippen molar-refractivity contribution in [1.29, 1.82) is 0 Å². The number of aromatic nitrogens is 1. The second-order valence-electron chi connectivity index (χ2n) is 6.55. The standard InChI is InChI=1S/C17H21NO/c1-11-6-7-15-12(9-11)13(10-18-15)16(19)14-5-4-8-17(14,2)3/h6-7,9-10,14,18H,4-5,8H2,1-3H3. The van der Waals surface area contributed by atoms with Gasteiger partial charge in [0.2, 0.25) is 0 Å². The van der Waals surface area contributed by atoms with E-state index >= 15 is 0 Å². The summed E-state index contributed by atoms with van der Waals surface area (Å²) in [6.07, 6.45) is 5.25. The van der Waals surface area contributed by atoms with Gasteiger partial charge in [-0.25, -0.2) is 0 Å². The van der Waals surface area contributed by atoms with Crippen LogP contribution in [0.2, 0.25) is 0 Å². The summed E-state index contributed by atoms with van der Waals surface area (Å²) in [7, 11) is 0. The van der Waals surface area contributed by atoms with Crippen LogP contribution in [0.1, 0.15) is 49.0 Å². The van der Waals surface area contributed by atoms with Gasteiger partial charge in [0.1, 0.15) is 0 Å². The molecule has 1 heterocycles. The number of carbonyl (C=O) groups is 1. The van der Waals surface area contributed by atoms with Gasteiger partial charge < -0.3 is 4.98 Å². The molecular formula is C17H21NO. The van der Waals surface area contributed by atoms with Crippen LogP contribution in [0, 0.1) is 18.3 Å². The fourth-order valence-electron chi connectivity index (χ4n) is 3.44. The van der Waals surface area contributed by atoms with Crippen LogP contribution in [0.5, 0.6) is 0 Å². The van der Waals surface area contributed by atoms with E-state index in [0.717, 1.165) is 29.3 Å². The van der Waals surface area contributed by atoms with Crippen LogP contribution in [0.4, 0.5) is 0 Å². The second kappa shape index (κ2) is 4.22. The molecule has 1 N–H and O–H groups in total. The van der Waals surface area contributed by atoms with Crippen molar-refractivity contribution >= 4 is 16.7 Å². The van der Waals surface area contributed by atoms with E-state index in [9.17, 15) is 4.79 Å². The van der Waals surface area contributed by atoms with Crippen molar-refractivity contribution in [3.63, 3.8) is 0 Å². The number of fused-ring (bicyclic) bond motifs is 1. The first-order valence-electron chi connectivity index (χ1n) is 7.11. The first-order valence-corrected chi connectivity index (χ1v) is 7.11. The summed E-state index contributed by atoms with van der Waals surface area (Å²) in [6, 6.07) is 6.24. The summed E-state index contributed by atoms with van der Waals surface area (Å²) in [4.78, 5) is 16.1. The molecule has 0 radical (unpaired) electrons. The van der Waals surface area contributed by atoms with Gasteiger partial charge in [-0.05, 0) is 37.3 Å². The maximum Gasteiger partial charge on any atom is 0.168 e. The van der Waals surface area contributed by atoms with Crippen LogP contribution in [0.15, 0.2) is 24.4 Å². The lowest BCUT2D eigenvalue weighted by molar-refractivity contribution is 0.0841. The normalized spacial score (nSPS) is 21.9. The van der Waals surface area contributed by atoms with Gasteiger partial charge in [0.05, 0.1) is 0 Å². The number of Topliss-reactive ketones (excluding diaryl/α,β-unsaturated/α-hetero) is 1. The molecule has 0 aliphatic heterocycles. The average molecular weight is 255 g/mol. The fourth-order valence-corrected chi connectivity index (χ4v) is 3.44. The quantitative estimate of drug-likeness (QED) is 0.788. The predicted molar refractivity (Wildman–Crippen MR) is 78.5 cm³/mol. The molecule has 0 amide bonds. The average Bonchev–Trinajstić information content (AvgIpc) is 2.91. The van der Waals surface area contributed by atoms with E-state index in [0.29, 0.717) is 5.78 Å². The number of aromatic amines is 1. The van der Waals surface area contributed by atoms with E-state index in [1.54, 1.807) is 0 Å². The van der Waals surface area contributed by atoms with E-state index in [-0.39, 0.29) is 11.3 Å². The van der Waals surface area contributed by atoms with Gasteiger partial charge in [-0.1, -0.05) is 31.9 Å². The van der Waals surface area contributed by atoms with Crippen molar-refractivity contribution in [2.75, 3.05) is 0 Å². The molecule has 1 atom stereocenters. The van der Waals surface area contributed by atoms with Crippen LogP contribution in [-0.4, -0.2) is 10.8 Å². The topological polar surface area (TPSA) is 32.9 Å². The zero-order valence-corrected chi connectivity index (χ0v) is 11.9. The smallest absolute Gasteiger partial charge is 0.168 e. The molecule has 1 aliphatic rings. The zero-order valence-electron chi connectivity index (χ0n) is 11.9. The first kappa shape index (κ1) is 12.5. The Labute approximate surface area is 114 Å². The largest absolute Gasteiger partial charge is 0.360 e. The maximum absolute atomic E-state index is 12.8. The molecule has 1 unspecified atom stereocenters. The number of hydrogen-bond acceptors (Lipinski definition) is 1. The number of ketones is 1. The molecule has 0 saturated heterocycles. The summed E-state index contributed by atoms with van der Waals surface area (Å²) in [5.41, 5.74) is 3.28. The molecule has 1 aromatic carbocycles. The molecule has 1 saturated carbocycles. The molecule has 3 rings (SSSR count). The zero-order chi connectivity index (χ0) is 13.6. The van der Waals surface area contributed by atoms with Crippen LogP contribution in [0.3, 0.4) is 0 Å². The van der Waals surface area contributed by atoms with Gasteiger partial charge in [0.25, 0.3) is 0 Å². The molecule has 1 aromatic heterocycles. The lowest BCUT2D eigenvalue weighted by Gasteiger charge is -2.25. The molecule has 2 aromatic rings. The lowest BCUT2D eigenvalue weighted by Crippen LogP contribution is -2.25. The molecule has 100 valence electrons. The Kier molecular flexibility index (Phi) is 2.77. The molecule has 0 spiro atoms. The Bertz CT molecular complexity index is 636. The molecule has 1 aliphatic carbocycles. The van der Waals surface area contributed by atoms with Crippen molar-refractivity contribution in [3.05, 3.63) is 35.5 Å². The van der Waals surface area contributed by atoms with Crippen LogP contribution in [0.25, 0.3) is 10.9 Å². The van der Waals surface area contributed by atoms with E-state index in [4.69, 9.17) is 0 Å². The Hall–Kier alpha value is -1.57. The number of hydrogen-bond donors (Lipinski definition) is 1. The van der Waals surface area contributed by atoms with Gasteiger partial charge in [0, 0.05) is 28.6 Å². The van der Waals surface area contributed by atoms with E-state index in [2.05, 4.69) is 44.0 Å². The highest BCUT2D eigenvalue weighted by molar-refractivity contribution is 6.09. The van der Waals surface area contributed by atoms with Crippen molar-refractivity contribution in [2.45, 2.75) is 40.0 Å². The number of benzene rings is 1. The third kappa shape index (κ3) is 1.99. The van der Waals surface area contributed by atoms with Gasteiger partial charge in [-0.15, -0.1) is 0 Å². The van der Waals surface area contributed by atoms with Crippen molar-refractivity contribution in [2.24, 2.45) is 11.3 Å². The number of rotatable bonds is 2. The van der Waals surface area contributed by atoms with Crippen molar-refractivity contribution < 1.29 is 4.79 Å². The molecule has 0 bridgehead atoms. The van der Waals surface area contributed by atoms with Crippen LogP contribution in [-0.2, 0) is 0 Å². The fraction of sp³-hybridized carbons (Fsp3) is 0.471. The molecule has 19 heavy (non-hydrogen) atoms. The molecule has 2 heteroatoms. The lowest BCUT2D eigenvalue weighted by atomic mass is 9.77. The summed E-state index contributed by atoms with van der Waals surface area (Å²) in [6.45, 7) is 6.52. The summed E-state index contributed by atoms with van der Waals surface area (Å²) < 4.78 is 0. The number of H-pyrrole nitrogens is 1. The minimum Gasteiger partial charge on any atom is -0.360 e. The molecule has 1 fully saturated rings. The summed E-state index contributed by atoms with van der Waals surface area (Å²) in [5.74, 6) is 0.492. The van der Waals surface area contributed by atoms with Gasteiger partial charge >= 0.3 is 0 Å². The van der Waals surface area contributed by atoms with Crippen LogP contribution < -0.4 is 0 Å². The van der Waals surface area contributed by atoms with Gasteiger partial charge in [-0.3, -0.25) is 4.79 Å². The third-order valence-electron chi connectivity index (χ3n) is 4.68. The maximum atomic E-state index is 12.8. The minimum atomic E-state index is 0.143. The third-order valence-corrected chi connectivity index (χ3v) is 4.68. The Morgan fingerprint density at radius 1 is 1.37 bits per heavy atom. The molecule has 2 nitrogen and oxygen atoms in total. The second-order valence-corrected chi connectivity index (χ2v) is 6.55. The van der Waals surface area contributed by atoms with Gasteiger partial charge in [-0.2, -0.15) is 0 Å². The highest BCUT2D eigenvalue weighted by Crippen LogP contribution is 2.44. The number of aryl methyl sites for hydroxylation is 1.